The highest BCUT2D eigenvalue weighted by Crippen LogP contribution is 2.53. The van der Waals surface area contributed by atoms with Crippen LogP contribution < -0.4 is 9.80 Å². The molecule has 0 heterocycles. The van der Waals surface area contributed by atoms with Crippen LogP contribution in [0.15, 0.2) is 194 Å². The van der Waals surface area contributed by atoms with Crippen molar-refractivity contribution >= 4 is 46.3 Å². The summed E-state index contributed by atoms with van der Waals surface area (Å²) in [4.78, 5) is 4.71. The number of hydrogen-bond acceptors (Lipinski definition) is 2. The molecule has 2 heteroatoms. The Bertz CT molecular complexity index is 2540. The van der Waals surface area contributed by atoms with E-state index < -0.39 is 0 Å². The SMILES string of the molecule is CC1(C)c2cc(/C=C/c3ccc4c(c3)C(C)(C)c3cc(N(c5ccccc5)c5ccccc5)ccc3-4)ccc2-c2ccc(N(c3ccccc3)c3ccccc3)cc21. The molecule has 0 aromatic heterocycles. The first-order valence-electron chi connectivity index (χ1n) is 20.3. The Labute approximate surface area is 343 Å². The first-order valence-corrected chi connectivity index (χ1v) is 20.3. The molecule has 280 valence electrons. The molecule has 0 fully saturated rings. The standard InChI is InChI=1S/C56H46N2/c1-55(2)51-35-39(27-31-47(51)49-33-29-45(37-53(49)55)57(41-17-9-5-10-18-41)42-19-11-6-12-20-42)25-26-40-28-32-48-50-34-30-46(38-54(50)56(3,4)52(48)36-40)58(43-21-13-7-14-22-43)44-23-15-8-16-24-44/h5-38H,1-4H3/b26-25+. The molecule has 0 atom stereocenters. The highest BCUT2D eigenvalue weighted by molar-refractivity contribution is 5.89. The van der Waals surface area contributed by atoms with Crippen molar-refractivity contribution < 1.29 is 0 Å². The molecule has 2 aliphatic carbocycles. The third-order valence-electron chi connectivity index (χ3n) is 12.4. The largest absolute Gasteiger partial charge is 0.310 e. The maximum Gasteiger partial charge on any atom is 0.0465 e. The third kappa shape index (κ3) is 5.96. The third-order valence-corrected chi connectivity index (χ3v) is 12.4. The zero-order chi connectivity index (χ0) is 39.4. The highest BCUT2D eigenvalue weighted by Gasteiger charge is 2.37. The predicted octanol–water partition coefficient (Wildman–Crippen LogP) is 15.4. The molecule has 0 saturated carbocycles. The van der Waals surface area contributed by atoms with Crippen molar-refractivity contribution in [1.82, 2.24) is 0 Å². The van der Waals surface area contributed by atoms with E-state index in [0.717, 1.165) is 22.7 Å². The number of rotatable bonds is 8. The summed E-state index contributed by atoms with van der Waals surface area (Å²) in [6, 6.07) is 70.6. The molecule has 0 bridgehead atoms. The van der Waals surface area contributed by atoms with Gasteiger partial charge in [0.25, 0.3) is 0 Å². The molecular formula is C56H46N2. The molecule has 0 radical (unpaired) electrons. The second-order valence-corrected chi connectivity index (χ2v) is 16.7. The van der Waals surface area contributed by atoms with E-state index in [2.05, 4.69) is 244 Å². The molecule has 8 aromatic carbocycles. The van der Waals surface area contributed by atoms with Gasteiger partial charge in [0.1, 0.15) is 0 Å². The summed E-state index contributed by atoms with van der Waals surface area (Å²) in [5, 5.41) is 0. The van der Waals surface area contributed by atoms with Gasteiger partial charge < -0.3 is 9.80 Å². The minimum Gasteiger partial charge on any atom is -0.310 e. The van der Waals surface area contributed by atoms with E-state index >= 15 is 0 Å². The Morgan fingerprint density at radius 3 is 0.879 bits per heavy atom. The first kappa shape index (κ1) is 35.5. The van der Waals surface area contributed by atoms with Crippen LogP contribution in [-0.4, -0.2) is 0 Å². The topological polar surface area (TPSA) is 6.48 Å². The van der Waals surface area contributed by atoms with Crippen molar-refractivity contribution in [2.45, 2.75) is 38.5 Å². The second-order valence-electron chi connectivity index (χ2n) is 16.7. The van der Waals surface area contributed by atoms with Crippen LogP contribution in [0.1, 0.15) is 61.1 Å². The number of benzene rings is 8. The lowest BCUT2D eigenvalue weighted by Crippen LogP contribution is -2.16. The first-order chi connectivity index (χ1) is 28.3. The number of hydrogen-bond donors (Lipinski definition) is 0. The van der Waals surface area contributed by atoms with Crippen molar-refractivity contribution in [3.05, 3.63) is 228 Å². The average Bonchev–Trinajstić information content (AvgIpc) is 3.63. The molecule has 0 amide bonds. The Morgan fingerprint density at radius 2 is 0.569 bits per heavy atom. The molecular weight excluding hydrogens is 701 g/mol. The molecule has 0 spiro atoms. The van der Waals surface area contributed by atoms with Gasteiger partial charge in [0.15, 0.2) is 0 Å². The maximum absolute atomic E-state index is 2.40. The van der Waals surface area contributed by atoms with E-state index in [1.807, 2.05) is 0 Å². The summed E-state index contributed by atoms with van der Waals surface area (Å²) in [7, 11) is 0. The molecule has 58 heavy (non-hydrogen) atoms. The normalized spacial score (nSPS) is 14.1. The van der Waals surface area contributed by atoms with Gasteiger partial charge in [0.2, 0.25) is 0 Å². The molecule has 0 unspecified atom stereocenters. The molecule has 2 nitrogen and oxygen atoms in total. The summed E-state index contributed by atoms with van der Waals surface area (Å²) in [5.41, 5.74) is 19.8. The molecule has 2 aliphatic rings. The minimum atomic E-state index is -0.150. The smallest absolute Gasteiger partial charge is 0.0465 e. The molecule has 0 aliphatic heterocycles. The van der Waals surface area contributed by atoms with Gasteiger partial charge in [-0.3, -0.25) is 0 Å². The maximum atomic E-state index is 2.40. The van der Waals surface area contributed by atoms with Gasteiger partial charge >= 0.3 is 0 Å². The van der Waals surface area contributed by atoms with Gasteiger partial charge in [-0.15, -0.1) is 0 Å². The minimum absolute atomic E-state index is 0.150. The van der Waals surface area contributed by atoms with Gasteiger partial charge in [-0.05, 0) is 128 Å². The Balaban J connectivity index is 0.942. The lowest BCUT2D eigenvalue weighted by molar-refractivity contribution is 0.660. The van der Waals surface area contributed by atoms with E-state index in [1.165, 1.54) is 67.0 Å². The second kappa shape index (κ2) is 13.9. The Morgan fingerprint density at radius 1 is 0.293 bits per heavy atom. The van der Waals surface area contributed by atoms with Crippen LogP contribution in [0.3, 0.4) is 0 Å². The van der Waals surface area contributed by atoms with Gasteiger partial charge in [-0.1, -0.05) is 161 Å². The summed E-state index contributed by atoms with van der Waals surface area (Å²) < 4.78 is 0. The average molecular weight is 747 g/mol. The predicted molar refractivity (Wildman–Crippen MR) is 246 cm³/mol. The van der Waals surface area contributed by atoms with Crippen LogP contribution in [0, 0.1) is 0 Å². The molecule has 8 aromatic rings. The van der Waals surface area contributed by atoms with E-state index in [0.29, 0.717) is 0 Å². The Kier molecular flexibility index (Phi) is 8.53. The summed E-state index contributed by atoms with van der Waals surface area (Å²) >= 11 is 0. The number of anilines is 6. The van der Waals surface area contributed by atoms with Crippen LogP contribution in [0.5, 0.6) is 0 Å². The fourth-order valence-corrected chi connectivity index (χ4v) is 9.37. The summed E-state index contributed by atoms with van der Waals surface area (Å²) in [5.74, 6) is 0. The van der Waals surface area contributed by atoms with Crippen molar-refractivity contribution in [3.63, 3.8) is 0 Å². The van der Waals surface area contributed by atoms with Crippen LogP contribution in [-0.2, 0) is 10.8 Å². The molecule has 0 saturated heterocycles. The van der Waals surface area contributed by atoms with Crippen molar-refractivity contribution in [2.75, 3.05) is 9.80 Å². The monoisotopic (exact) mass is 746 g/mol. The van der Waals surface area contributed by atoms with E-state index in [4.69, 9.17) is 0 Å². The van der Waals surface area contributed by atoms with Gasteiger partial charge in [0.05, 0.1) is 0 Å². The molecule has 0 N–H and O–H groups in total. The highest BCUT2D eigenvalue weighted by atomic mass is 15.1. The van der Waals surface area contributed by atoms with Crippen LogP contribution >= 0.6 is 0 Å². The zero-order valence-electron chi connectivity index (χ0n) is 33.5. The quantitative estimate of drug-likeness (QED) is 0.143. The van der Waals surface area contributed by atoms with Crippen molar-refractivity contribution in [1.29, 1.82) is 0 Å². The molecule has 10 rings (SSSR count). The van der Waals surface area contributed by atoms with Gasteiger partial charge in [0, 0.05) is 45.0 Å². The van der Waals surface area contributed by atoms with Crippen molar-refractivity contribution in [2.24, 2.45) is 0 Å². The summed E-state index contributed by atoms with van der Waals surface area (Å²) in [6.45, 7) is 9.48. The van der Waals surface area contributed by atoms with Crippen LogP contribution in [0.25, 0.3) is 34.4 Å². The van der Waals surface area contributed by atoms with E-state index in [1.54, 1.807) is 0 Å². The van der Waals surface area contributed by atoms with Gasteiger partial charge in [-0.2, -0.15) is 0 Å². The number of para-hydroxylation sites is 4. The fraction of sp³-hybridized carbons (Fsp3) is 0.107. The summed E-state index contributed by atoms with van der Waals surface area (Å²) in [6.07, 6.45) is 4.56. The van der Waals surface area contributed by atoms with E-state index in [9.17, 15) is 0 Å². The fourth-order valence-electron chi connectivity index (χ4n) is 9.37. The van der Waals surface area contributed by atoms with Crippen molar-refractivity contribution in [3.8, 4) is 22.3 Å². The number of fused-ring (bicyclic) bond motifs is 6. The lowest BCUT2D eigenvalue weighted by atomic mass is 9.81. The Hall–Kier alpha value is -6.90. The number of nitrogens with zero attached hydrogens (tertiary/aromatic N) is 2. The van der Waals surface area contributed by atoms with Crippen LogP contribution in [0.4, 0.5) is 34.1 Å². The van der Waals surface area contributed by atoms with Gasteiger partial charge in [-0.25, -0.2) is 0 Å². The van der Waals surface area contributed by atoms with Crippen LogP contribution in [0.2, 0.25) is 0 Å². The lowest BCUT2D eigenvalue weighted by Gasteiger charge is -2.28. The van der Waals surface area contributed by atoms with E-state index in [-0.39, 0.29) is 10.8 Å². The zero-order valence-corrected chi connectivity index (χ0v) is 33.5.